The molecule has 0 amide bonds. The molecule has 1 heterocycles. The van der Waals surface area contributed by atoms with E-state index >= 15 is 0 Å². The number of nitrogens with one attached hydrogen (secondary N) is 2. The summed E-state index contributed by atoms with van der Waals surface area (Å²) >= 11 is 0. The molecule has 0 aliphatic carbocycles. The number of nitrogens with zero attached hydrogens (tertiary/aromatic N) is 2. The van der Waals surface area contributed by atoms with Gasteiger partial charge in [-0.3, -0.25) is 5.10 Å². The van der Waals surface area contributed by atoms with Crippen molar-refractivity contribution in [1.82, 2.24) is 20.5 Å². The molecule has 0 bridgehead atoms. The smallest absolute Gasteiger partial charge is 0.147 e. The maximum Gasteiger partial charge on any atom is 0.147 e. The topological polar surface area (TPSA) is 87.7 Å². The average Bonchev–Trinajstić information content (AvgIpc) is 2.63. The summed E-state index contributed by atoms with van der Waals surface area (Å²) in [4.78, 5) is 4.01. The molecular weight excluding hydrogens is 216 g/mol. The lowest BCUT2D eigenvalue weighted by Gasteiger charge is -2.13. The highest BCUT2D eigenvalue weighted by Crippen LogP contribution is 2.11. The first-order valence-corrected chi connectivity index (χ1v) is 6.85. The second-order valence-electron chi connectivity index (χ2n) is 3.40. The van der Waals surface area contributed by atoms with E-state index in [9.17, 15) is 8.42 Å². The number of hydrogen-bond donors (Lipinski definition) is 2. The van der Waals surface area contributed by atoms with Crippen molar-refractivity contribution >= 4 is 9.84 Å². The Bertz CT molecular complexity index is 373. The molecule has 1 rings (SSSR count). The van der Waals surface area contributed by atoms with Gasteiger partial charge in [0.15, 0.2) is 0 Å². The van der Waals surface area contributed by atoms with Crippen LogP contribution in [0.1, 0.15) is 25.2 Å². The lowest BCUT2D eigenvalue weighted by Crippen LogP contribution is -2.24. The third-order valence-electron chi connectivity index (χ3n) is 1.99. The van der Waals surface area contributed by atoms with Crippen LogP contribution in [-0.4, -0.2) is 42.2 Å². The summed E-state index contributed by atoms with van der Waals surface area (Å²) in [5, 5.41) is 9.64. The minimum Gasteiger partial charge on any atom is -0.308 e. The van der Waals surface area contributed by atoms with Gasteiger partial charge in [0.2, 0.25) is 0 Å². The molecule has 1 atom stereocenters. The lowest BCUT2D eigenvalue weighted by molar-refractivity contribution is 0.507. The lowest BCUT2D eigenvalue weighted by atomic mass is 10.2. The van der Waals surface area contributed by atoms with Crippen LogP contribution in [0.2, 0.25) is 0 Å². The van der Waals surface area contributed by atoms with Gasteiger partial charge in [0.25, 0.3) is 0 Å². The van der Waals surface area contributed by atoms with Crippen LogP contribution in [0.4, 0.5) is 0 Å². The van der Waals surface area contributed by atoms with Crippen LogP contribution >= 0.6 is 0 Å². The SMILES string of the molecule is CCNC(CCS(C)(=O)=O)c1ncn[nH]1. The van der Waals surface area contributed by atoms with Gasteiger partial charge in [-0.25, -0.2) is 13.4 Å². The first kappa shape index (κ1) is 12.1. The first-order chi connectivity index (χ1) is 7.03. The molecule has 0 radical (unpaired) electrons. The summed E-state index contributed by atoms with van der Waals surface area (Å²) < 4.78 is 22.1. The fraction of sp³-hybridized carbons (Fsp3) is 0.750. The van der Waals surface area contributed by atoms with E-state index in [4.69, 9.17) is 0 Å². The molecule has 0 saturated carbocycles. The van der Waals surface area contributed by atoms with Crippen LogP contribution in [0.3, 0.4) is 0 Å². The van der Waals surface area contributed by atoms with Crippen molar-refractivity contribution in [3.05, 3.63) is 12.2 Å². The first-order valence-electron chi connectivity index (χ1n) is 4.79. The second-order valence-corrected chi connectivity index (χ2v) is 5.66. The maximum atomic E-state index is 11.0. The molecule has 7 heteroatoms. The van der Waals surface area contributed by atoms with Gasteiger partial charge in [-0.2, -0.15) is 5.10 Å². The zero-order valence-corrected chi connectivity index (χ0v) is 9.71. The van der Waals surface area contributed by atoms with Gasteiger partial charge in [-0.1, -0.05) is 6.92 Å². The second kappa shape index (κ2) is 5.22. The summed E-state index contributed by atoms with van der Waals surface area (Å²) in [6.45, 7) is 2.72. The van der Waals surface area contributed by atoms with Crippen LogP contribution in [0.15, 0.2) is 6.33 Å². The number of H-pyrrole nitrogens is 1. The van der Waals surface area contributed by atoms with Gasteiger partial charge in [-0.15, -0.1) is 0 Å². The number of aromatic nitrogens is 3. The van der Waals surface area contributed by atoms with Gasteiger partial charge in [0.1, 0.15) is 22.0 Å². The largest absolute Gasteiger partial charge is 0.308 e. The number of sulfone groups is 1. The van der Waals surface area contributed by atoms with Crippen molar-refractivity contribution in [3.8, 4) is 0 Å². The minimum atomic E-state index is -2.93. The van der Waals surface area contributed by atoms with Crippen molar-refractivity contribution in [2.75, 3.05) is 18.6 Å². The molecule has 0 aromatic carbocycles. The highest BCUT2D eigenvalue weighted by atomic mass is 32.2. The highest BCUT2D eigenvalue weighted by molar-refractivity contribution is 7.90. The zero-order valence-electron chi connectivity index (χ0n) is 8.90. The summed E-state index contributed by atoms with van der Waals surface area (Å²) in [7, 11) is -2.93. The van der Waals surface area contributed by atoms with E-state index in [2.05, 4.69) is 20.5 Å². The van der Waals surface area contributed by atoms with Crippen LogP contribution in [-0.2, 0) is 9.84 Å². The Morgan fingerprint density at radius 3 is 2.80 bits per heavy atom. The summed E-state index contributed by atoms with van der Waals surface area (Å²) in [6.07, 6.45) is 3.15. The van der Waals surface area contributed by atoms with Crippen LogP contribution in [0, 0.1) is 0 Å². The summed E-state index contributed by atoms with van der Waals surface area (Å²) in [6, 6.07) is -0.0766. The summed E-state index contributed by atoms with van der Waals surface area (Å²) in [5.74, 6) is 0.825. The standard InChI is InChI=1S/C8H16N4O2S/c1-3-9-7(4-5-15(2,13)14)8-10-6-11-12-8/h6-7,9H,3-5H2,1-2H3,(H,10,11,12). The molecule has 0 aliphatic rings. The molecule has 1 unspecified atom stereocenters. The monoisotopic (exact) mass is 232 g/mol. The van der Waals surface area contributed by atoms with E-state index in [-0.39, 0.29) is 11.8 Å². The predicted molar refractivity (Wildman–Crippen MR) is 57.1 cm³/mol. The number of hydrogen-bond acceptors (Lipinski definition) is 5. The van der Waals surface area contributed by atoms with E-state index in [1.807, 2.05) is 6.92 Å². The zero-order chi connectivity index (χ0) is 11.3. The summed E-state index contributed by atoms with van der Waals surface area (Å²) in [5.41, 5.74) is 0. The predicted octanol–water partition coefficient (Wildman–Crippen LogP) is -0.110. The Hall–Kier alpha value is -0.950. The average molecular weight is 232 g/mol. The third kappa shape index (κ3) is 4.39. The third-order valence-corrected chi connectivity index (χ3v) is 2.97. The Kier molecular flexibility index (Phi) is 4.22. The fourth-order valence-electron chi connectivity index (χ4n) is 1.30. The Morgan fingerprint density at radius 2 is 2.33 bits per heavy atom. The van der Waals surface area contributed by atoms with Crippen molar-refractivity contribution < 1.29 is 8.42 Å². The molecule has 2 N–H and O–H groups in total. The Balaban J connectivity index is 2.60. The fourth-order valence-corrected chi connectivity index (χ4v) is 1.96. The van der Waals surface area contributed by atoms with Crippen LogP contribution < -0.4 is 5.32 Å². The highest BCUT2D eigenvalue weighted by Gasteiger charge is 2.15. The van der Waals surface area contributed by atoms with Gasteiger partial charge in [-0.05, 0) is 13.0 Å². The van der Waals surface area contributed by atoms with E-state index in [0.29, 0.717) is 12.2 Å². The van der Waals surface area contributed by atoms with E-state index in [0.717, 1.165) is 6.54 Å². The Labute approximate surface area is 89.4 Å². The van der Waals surface area contributed by atoms with Gasteiger partial charge in [0.05, 0.1) is 11.8 Å². The van der Waals surface area contributed by atoms with E-state index in [1.54, 1.807) is 0 Å². The molecule has 0 fully saturated rings. The molecular formula is C8H16N4O2S. The number of aromatic amines is 1. The normalized spacial score (nSPS) is 14.0. The quantitative estimate of drug-likeness (QED) is 0.714. The molecule has 0 aliphatic heterocycles. The van der Waals surface area contributed by atoms with Crippen LogP contribution in [0.25, 0.3) is 0 Å². The van der Waals surface area contributed by atoms with E-state index in [1.165, 1.54) is 12.6 Å². The molecule has 86 valence electrons. The maximum absolute atomic E-state index is 11.0. The van der Waals surface area contributed by atoms with Crippen molar-refractivity contribution in [2.45, 2.75) is 19.4 Å². The minimum absolute atomic E-state index is 0.0766. The van der Waals surface area contributed by atoms with Gasteiger partial charge in [0, 0.05) is 6.26 Å². The van der Waals surface area contributed by atoms with Crippen molar-refractivity contribution in [2.24, 2.45) is 0 Å². The molecule has 0 spiro atoms. The molecule has 15 heavy (non-hydrogen) atoms. The molecule has 6 nitrogen and oxygen atoms in total. The molecule has 1 aromatic rings. The van der Waals surface area contributed by atoms with E-state index < -0.39 is 9.84 Å². The van der Waals surface area contributed by atoms with Gasteiger partial charge < -0.3 is 5.32 Å². The number of rotatable bonds is 6. The van der Waals surface area contributed by atoms with Gasteiger partial charge >= 0.3 is 0 Å². The molecule has 0 saturated heterocycles. The van der Waals surface area contributed by atoms with Crippen molar-refractivity contribution in [3.63, 3.8) is 0 Å². The van der Waals surface area contributed by atoms with Crippen LogP contribution in [0.5, 0.6) is 0 Å². The van der Waals surface area contributed by atoms with Crippen molar-refractivity contribution in [1.29, 1.82) is 0 Å². The molecule has 1 aromatic heterocycles. The Morgan fingerprint density at radius 1 is 1.60 bits per heavy atom.